The van der Waals surface area contributed by atoms with Crippen molar-refractivity contribution in [1.29, 1.82) is 0 Å². The van der Waals surface area contributed by atoms with Gasteiger partial charge in [0.25, 0.3) is 0 Å². The summed E-state index contributed by atoms with van der Waals surface area (Å²) in [7, 11) is -3.28. The smallest absolute Gasteiger partial charge is 0.225 e. The van der Waals surface area contributed by atoms with E-state index >= 15 is 0 Å². The highest BCUT2D eigenvalue weighted by molar-refractivity contribution is 7.89. The maximum atomic E-state index is 10.3. The van der Waals surface area contributed by atoms with Crippen LogP contribution in [0.3, 0.4) is 0 Å². The maximum Gasteiger partial charge on any atom is 0.225 e. The molecule has 1 rings (SSSR count). The fourth-order valence-electron chi connectivity index (χ4n) is 0.543. The molecule has 3 N–H and O–H groups in total. The molecule has 1 atom stereocenters. The first-order valence-corrected chi connectivity index (χ1v) is 3.96. The molecule has 0 bridgehead atoms. The van der Waals surface area contributed by atoms with Gasteiger partial charge >= 0.3 is 0 Å². The molecule has 4 nitrogen and oxygen atoms in total. The van der Waals surface area contributed by atoms with Gasteiger partial charge in [0.1, 0.15) is 5.37 Å². The lowest BCUT2D eigenvalue weighted by Crippen LogP contribution is -2.50. The second kappa shape index (κ2) is 1.68. The lowest BCUT2D eigenvalue weighted by molar-refractivity contribution is 0.449. The van der Waals surface area contributed by atoms with Gasteiger partial charge in [0, 0.05) is 0 Å². The van der Waals surface area contributed by atoms with Gasteiger partial charge in [-0.2, -0.15) is 0 Å². The molecule has 0 aliphatic carbocycles. The number of nitrogens with two attached hydrogens (primary N) is 1. The number of hydrogen-bond acceptors (Lipinski definition) is 3. The monoisotopic (exact) mass is 136 g/mol. The third-order valence-corrected chi connectivity index (χ3v) is 2.37. The Morgan fingerprint density at radius 2 is 2.12 bits per heavy atom. The molecule has 0 aromatic carbocycles. The van der Waals surface area contributed by atoms with E-state index < -0.39 is 15.4 Å². The van der Waals surface area contributed by atoms with Gasteiger partial charge < -0.3 is 0 Å². The fraction of sp³-hybridized carbons (Fsp3) is 1.00. The average Bonchev–Trinajstić information content (AvgIpc) is 1.16. The molecule has 1 unspecified atom stereocenters. The Bertz CT molecular complexity index is 170. The lowest BCUT2D eigenvalue weighted by Gasteiger charge is -2.24. The van der Waals surface area contributed by atoms with Crippen molar-refractivity contribution < 1.29 is 8.42 Å². The zero-order valence-electron chi connectivity index (χ0n) is 4.29. The number of rotatable bonds is 1. The molecule has 0 amide bonds. The fourth-order valence-corrected chi connectivity index (χ4v) is 1.34. The molecule has 1 saturated heterocycles. The molecule has 0 radical (unpaired) electrons. The molecule has 0 saturated carbocycles. The van der Waals surface area contributed by atoms with E-state index in [1.807, 2.05) is 0 Å². The summed E-state index contributed by atoms with van der Waals surface area (Å²) in [5, 5.41) is 6.95. The van der Waals surface area contributed by atoms with Crippen molar-refractivity contribution in [2.75, 3.05) is 6.54 Å². The summed E-state index contributed by atoms with van der Waals surface area (Å²) < 4.78 is 20.7. The van der Waals surface area contributed by atoms with Crippen LogP contribution in [0.15, 0.2) is 0 Å². The van der Waals surface area contributed by atoms with E-state index in [1.165, 1.54) is 0 Å². The molecule has 1 fully saturated rings. The third-order valence-electron chi connectivity index (χ3n) is 1.18. The van der Waals surface area contributed by atoms with Crippen molar-refractivity contribution in [2.45, 2.75) is 11.8 Å². The number of primary sulfonamides is 1. The summed E-state index contributed by atoms with van der Waals surface area (Å²) in [5.74, 6) is 0. The van der Waals surface area contributed by atoms with Crippen LogP contribution in [0.25, 0.3) is 0 Å². The Balaban J connectivity index is 2.60. The summed E-state index contributed by atoms with van der Waals surface area (Å²) >= 11 is 0. The molecular formula is C3H8N2O2S. The Kier molecular flexibility index (Phi) is 1.26. The van der Waals surface area contributed by atoms with E-state index in [1.54, 1.807) is 0 Å². The van der Waals surface area contributed by atoms with E-state index in [0.717, 1.165) is 6.54 Å². The predicted octanol–water partition coefficient (Wildman–Crippen LogP) is -1.41. The van der Waals surface area contributed by atoms with E-state index in [-0.39, 0.29) is 0 Å². The van der Waals surface area contributed by atoms with Crippen LogP contribution in [0.5, 0.6) is 0 Å². The van der Waals surface area contributed by atoms with Crippen LogP contribution >= 0.6 is 0 Å². The summed E-state index contributed by atoms with van der Waals surface area (Å²) in [5.41, 5.74) is 0. The SMILES string of the molecule is NS(=O)(=O)C1CCN1. The minimum absolute atomic E-state index is 0.470. The van der Waals surface area contributed by atoms with Crippen LogP contribution in [0.4, 0.5) is 0 Å². The first kappa shape index (κ1) is 6.00. The van der Waals surface area contributed by atoms with Crippen molar-refractivity contribution in [3.05, 3.63) is 0 Å². The van der Waals surface area contributed by atoms with Gasteiger partial charge in [-0.3, -0.25) is 5.32 Å². The van der Waals surface area contributed by atoms with Crippen molar-refractivity contribution >= 4 is 10.0 Å². The van der Waals surface area contributed by atoms with Crippen molar-refractivity contribution in [3.8, 4) is 0 Å². The molecule has 48 valence electrons. The highest BCUT2D eigenvalue weighted by atomic mass is 32.2. The van der Waals surface area contributed by atoms with Gasteiger partial charge in [-0.25, -0.2) is 13.6 Å². The standard InChI is InChI=1S/C3H8N2O2S/c4-8(6,7)3-1-2-5-3/h3,5H,1-2H2,(H2,4,6,7). The van der Waals surface area contributed by atoms with E-state index in [0.29, 0.717) is 6.42 Å². The Morgan fingerprint density at radius 3 is 2.12 bits per heavy atom. The van der Waals surface area contributed by atoms with Gasteiger partial charge in [0.15, 0.2) is 0 Å². The second-order valence-electron chi connectivity index (χ2n) is 1.82. The molecule has 1 aliphatic rings. The molecule has 1 heterocycles. The average molecular weight is 136 g/mol. The molecule has 5 heteroatoms. The second-order valence-corrected chi connectivity index (χ2v) is 3.57. The molecular weight excluding hydrogens is 128 g/mol. The first-order chi connectivity index (χ1) is 3.61. The minimum atomic E-state index is -3.28. The predicted molar refractivity (Wildman–Crippen MR) is 29.5 cm³/mol. The van der Waals surface area contributed by atoms with Crippen LogP contribution in [-0.2, 0) is 10.0 Å². The molecule has 8 heavy (non-hydrogen) atoms. The van der Waals surface area contributed by atoms with Crippen LogP contribution in [0.1, 0.15) is 6.42 Å². The van der Waals surface area contributed by atoms with Crippen molar-refractivity contribution in [2.24, 2.45) is 5.14 Å². The quantitative estimate of drug-likeness (QED) is 0.465. The van der Waals surface area contributed by atoms with Crippen molar-refractivity contribution in [1.82, 2.24) is 5.32 Å². The third kappa shape index (κ3) is 0.988. The van der Waals surface area contributed by atoms with Gasteiger partial charge in [0.05, 0.1) is 0 Å². The lowest BCUT2D eigenvalue weighted by atomic mass is 10.3. The zero-order chi connectivity index (χ0) is 6.20. The van der Waals surface area contributed by atoms with Gasteiger partial charge in [-0.05, 0) is 13.0 Å². The number of sulfonamides is 1. The molecule has 0 aromatic rings. The van der Waals surface area contributed by atoms with E-state index in [4.69, 9.17) is 5.14 Å². The van der Waals surface area contributed by atoms with Crippen LogP contribution in [0, 0.1) is 0 Å². The molecule has 0 aromatic heterocycles. The molecule has 0 spiro atoms. The topological polar surface area (TPSA) is 72.2 Å². The summed E-state index contributed by atoms with van der Waals surface area (Å²) in [6.07, 6.45) is 0.652. The van der Waals surface area contributed by atoms with Gasteiger partial charge in [-0.1, -0.05) is 0 Å². The summed E-state index contributed by atoms with van der Waals surface area (Å²) in [4.78, 5) is 0. The van der Waals surface area contributed by atoms with Crippen LogP contribution < -0.4 is 10.5 Å². The normalized spacial score (nSPS) is 29.4. The Morgan fingerprint density at radius 1 is 1.62 bits per heavy atom. The number of hydrogen-bond donors (Lipinski definition) is 2. The first-order valence-electron chi connectivity index (χ1n) is 2.36. The molecule has 1 aliphatic heterocycles. The highest BCUT2D eigenvalue weighted by Gasteiger charge is 2.26. The summed E-state index contributed by atoms with van der Waals surface area (Å²) in [6, 6.07) is 0. The van der Waals surface area contributed by atoms with Crippen molar-refractivity contribution in [3.63, 3.8) is 0 Å². The number of nitrogens with one attached hydrogen (secondary N) is 1. The Hall–Kier alpha value is -0.130. The Labute approximate surface area is 48.1 Å². The maximum absolute atomic E-state index is 10.3. The van der Waals surface area contributed by atoms with Crippen LogP contribution in [-0.4, -0.2) is 20.3 Å². The largest absolute Gasteiger partial charge is 0.300 e. The summed E-state index contributed by atoms with van der Waals surface area (Å²) in [6.45, 7) is 0.765. The van der Waals surface area contributed by atoms with E-state index in [9.17, 15) is 8.42 Å². The van der Waals surface area contributed by atoms with Crippen LogP contribution in [0.2, 0.25) is 0 Å². The van der Waals surface area contributed by atoms with E-state index in [2.05, 4.69) is 5.32 Å². The van der Waals surface area contributed by atoms with Gasteiger partial charge in [-0.15, -0.1) is 0 Å². The minimum Gasteiger partial charge on any atom is -0.300 e. The zero-order valence-corrected chi connectivity index (χ0v) is 5.11. The highest BCUT2D eigenvalue weighted by Crippen LogP contribution is 2.04. The van der Waals surface area contributed by atoms with Gasteiger partial charge in [0.2, 0.25) is 10.0 Å².